The number of rotatable bonds is 7. The molecule has 0 radical (unpaired) electrons. The molecule has 0 aliphatic heterocycles. The minimum atomic E-state index is -0.591. The summed E-state index contributed by atoms with van der Waals surface area (Å²) in [7, 11) is 1.36. The van der Waals surface area contributed by atoms with Gasteiger partial charge in [-0.05, 0) is 36.8 Å². The van der Waals surface area contributed by atoms with E-state index < -0.39 is 6.10 Å². The Morgan fingerprint density at radius 1 is 1.07 bits per heavy atom. The van der Waals surface area contributed by atoms with Gasteiger partial charge in [-0.2, -0.15) is 0 Å². The minimum absolute atomic E-state index is 0.125. The van der Waals surface area contributed by atoms with Crippen LogP contribution in [0.2, 0.25) is 0 Å². The van der Waals surface area contributed by atoms with Crippen LogP contribution < -0.4 is 5.32 Å². The number of esters is 1. The Morgan fingerprint density at radius 2 is 1.78 bits per heavy atom. The van der Waals surface area contributed by atoms with E-state index in [0.29, 0.717) is 12.1 Å². The van der Waals surface area contributed by atoms with Gasteiger partial charge < -0.3 is 19.6 Å². The third-order valence-electron chi connectivity index (χ3n) is 4.47. The third-order valence-corrected chi connectivity index (χ3v) is 4.47. The predicted molar refractivity (Wildman–Crippen MR) is 103 cm³/mol. The minimum Gasteiger partial charge on any atom is -0.465 e. The van der Waals surface area contributed by atoms with Crippen molar-refractivity contribution in [3.63, 3.8) is 0 Å². The molecule has 0 saturated carbocycles. The molecule has 3 aromatic rings. The van der Waals surface area contributed by atoms with E-state index in [0.717, 1.165) is 22.6 Å². The summed E-state index contributed by atoms with van der Waals surface area (Å²) in [5, 5.41) is 13.7. The highest BCUT2D eigenvalue weighted by Crippen LogP contribution is 2.23. The summed E-state index contributed by atoms with van der Waals surface area (Å²) >= 11 is 0. The number of furan rings is 1. The number of hydrogen-bond donors (Lipinski definition) is 2. The fourth-order valence-corrected chi connectivity index (χ4v) is 2.83. The fourth-order valence-electron chi connectivity index (χ4n) is 2.83. The Labute approximate surface area is 158 Å². The first kappa shape index (κ1) is 18.9. The molecule has 0 bridgehead atoms. The molecule has 140 valence electrons. The van der Waals surface area contributed by atoms with Gasteiger partial charge >= 0.3 is 5.97 Å². The van der Waals surface area contributed by atoms with Crippen molar-refractivity contribution in [2.45, 2.75) is 25.6 Å². The average Bonchev–Trinajstić information content (AvgIpc) is 3.20. The van der Waals surface area contributed by atoms with Crippen LogP contribution in [0, 0.1) is 0 Å². The summed E-state index contributed by atoms with van der Waals surface area (Å²) in [4.78, 5) is 11.5. The van der Waals surface area contributed by atoms with Gasteiger partial charge in [0.05, 0.1) is 25.3 Å². The summed E-state index contributed by atoms with van der Waals surface area (Å²) in [6.45, 7) is 2.44. The first-order chi connectivity index (χ1) is 13.1. The quantitative estimate of drug-likeness (QED) is 0.621. The number of carbonyl (C=O) groups is 1. The van der Waals surface area contributed by atoms with Gasteiger partial charge in [-0.25, -0.2) is 4.79 Å². The molecule has 0 unspecified atom stereocenters. The van der Waals surface area contributed by atoms with Crippen LogP contribution in [0.3, 0.4) is 0 Å². The molecule has 27 heavy (non-hydrogen) atoms. The highest BCUT2D eigenvalue weighted by molar-refractivity contribution is 5.89. The summed E-state index contributed by atoms with van der Waals surface area (Å²) in [6.07, 6.45) is -0.591. The highest BCUT2D eigenvalue weighted by atomic mass is 16.5. The number of hydrogen-bond acceptors (Lipinski definition) is 5. The van der Waals surface area contributed by atoms with Crippen molar-refractivity contribution < 1.29 is 19.1 Å². The number of ether oxygens (including phenoxy) is 1. The first-order valence-corrected chi connectivity index (χ1v) is 8.82. The van der Waals surface area contributed by atoms with Crippen molar-refractivity contribution in [2.75, 3.05) is 7.11 Å². The summed E-state index contributed by atoms with van der Waals surface area (Å²) in [5.41, 5.74) is 2.26. The normalized spacial score (nSPS) is 13.1. The highest BCUT2D eigenvalue weighted by Gasteiger charge is 2.16. The summed E-state index contributed by atoms with van der Waals surface area (Å²) in [5.74, 6) is 1.13. The van der Waals surface area contributed by atoms with E-state index in [2.05, 4.69) is 5.32 Å². The molecule has 5 heteroatoms. The van der Waals surface area contributed by atoms with Gasteiger partial charge in [0.1, 0.15) is 11.5 Å². The lowest BCUT2D eigenvalue weighted by Gasteiger charge is -2.20. The lowest BCUT2D eigenvalue weighted by molar-refractivity contribution is 0.0600. The maximum atomic E-state index is 11.5. The van der Waals surface area contributed by atoms with Gasteiger partial charge in [0.25, 0.3) is 0 Å². The SMILES string of the molecule is COC(=O)c1ccc(-c2ccc(CN[C@H](C)[C@@H](O)c3ccccc3)o2)cc1. The van der Waals surface area contributed by atoms with Crippen molar-refractivity contribution in [3.8, 4) is 11.3 Å². The maximum absolute atomic E-state index is 11.5. The van der Waals surface area contributed by atoms with Gasteiger partial charge in [0.15, 0.2) is 0 Å². The van der Waals surface area contributed by atoms with Gasteiger partial charge in [-0.1, -0.05) is 42.5 Å². The molecule has 0 saturated heterocycles. The molecule has 2 atom stereocenters. The van der Waals surface area contributed by atoms with Crippen LogP contribution in [0.25, 0.3) is 11.3 Å². The topological polar surface area (TPSA) is 71.7 Å². The van der Waals surface area contributed by atoms with Crippen molar-refractivity contribution in [3.05, 3.63) is 83.6 Å². The molecule has 2 aromatic carbocycles. The standard InChI is InChI=1S/C22H23NO4/c1-15(21(24)17-6-4-3-5-7-17)23-14-19-12-13-20(27-19)16-8-10-18(11-9-16)22(25)26-2/h3-13,15,21,23-24H,14H2,1-2H3/t15-,21-/m1/s1. The molecule has 0 fully saturated rings. The monoisotopic (exact) mass is 365 g/mol. The fraction of sp³-hybridized carbons (Fsp3) is 0.227. The van der Waals surface area contributed by atoms with E-state index in [-0.39, 0.29) is 12.0 Å². The number of benzene rings is 2. The summed E-state index contributed by atoms with van der Waals surface area (Å²) < 4.78 is 10.6. The lowest BCUT2D eigenvalue weighted by atomic mass is 10.0. The van der Waals surface area contributed by atoms with Crippen LogP contribution >= 0.6 is 0 Å². The number of nitrogens with one attached hydrogen (secondary N) is 1. The molecule has 0 amide bonds. The largest absolute Gasteiger partial charge is 0.465 e. The molecule has 1 heterocycles. The zero-order valence-electron chi connectivity index (χ0n) is 15.4. The smallest absolute Gasteiger partial charge is 0.337 e. The van der Waals surface area contributed by atoms with E-state index in [1.807, 2.05) is 61.5 Å². The average molecular weight is 365 g/mol. The predicted octanol–water partition coefficient (Wildman–Crippen LogP) is 3.94. The van der Waals surface area contributed by atoms with Crippen LogP contribution in [0.4, 0.5) is 0 Å². The second kappa shape index (κ2) is 8.66. The van der Waals surface area contributed by atoms with Crippen LogP contribution in [-0.4, -0.2) is 24.2 Å². The molecule has 5 nitrogen and oxygen atoms in total. The molecule has 0 spiro atoms. The number of carbonyl (C=O) groups excluding carboxylic acids is 1. The number of aliphatic hydroxyl groups excluding tert-OH is 1. The van der Waals surface area contributed by atoms with E-state index >= 15 is 0 Å². The van der Waals surface area contributed by atoms with Crippen LogP contribution in [0.5, 0.6) is 0 Å². The van der Waals surface area contributed by atoms with Gasteiger partial charge in [-0.3, -0.25) is 0 Å². The summed E-state index contributed by atoms with van der Waals surface area (Å²) in [6, 6.07) is 20.3. The van der Waals surface area contributed by atoms with Crippen LogP contribution in [-0.2, 0) is 11.3 Å². The zero-order valence-corrected chi connectivity index (χ0v) is 15.4. The molecular weight excluding hydrogens is 342 g/mol. The molecular formula is C22H23NO4. The Hall–Kier alpha value is -2.89. The van der Waals surface area contributed by atoms with Crippen molar-refractivity contribution in [2.24, 2.45) is 0 Å². The van der Waals surface area contributed by atoms with E-state index in [4.69, 9.17) is 9.15 Å². The number of methoxy groups -OCH3 is 1. The van der Waals surface area contributed by atoms with E-state index in [9.17, 15) is 9.90 Å². The van der Waals surface area contributed by atoms with Gasteiger partial charge in [0.2, 0.25) is 0 Å². The molecule has 1 aromatic heterocycles. The lowest BCUT2D eigenvalue weighted by Crippen LogP contribution is -2.31. The van der Waals surface area contributed by atoms with Crippen LogP contribution in [0.15, 0.2) is 71.1 Å². The van der Waals surface area contributed by atoms with Gasteiger partial charge in [0, 0.05) is 11.6 Å². The molecule has 2 N–H and O–H groups in total. The van der Waals surface area contributed by atoms with E-state index in [1.165, 1.54) is 7.11 Å². The zero-order chi connectivity index (χ0) is 19.2. The number of aliphatic hydroxyl groups is 1. The maximum Gasteiger partial charge on any atom is 0.337 e. The molecule has 3 rings (SSSR count). The van der Waals surface area contributed by atoms with Crippen molar-refractivity contribution in [1.82, 2.24) is 5.32 Å². The van der Waals surface area contributed by atoms with E-state index in [1.54, 1.807) is 12.1 Å². The molecule has 0 aliphatic rings. The second-order valence-electron chi connectivity index (χ2n) is 6.36. The Bertz CT molecular complexity index is 871. The third kappa shape index (κ3) is 4.64. The van der Waals surface area contributed by atoms with Crippen molar-refractivity contribution in [1.29, 1.82) is 0 Å². The first-order valence-electron chi connectivity index (χ1n) is 8.82. The van der Waals surface area contributed by atoms with Crippen LogP contribution in [0.1, 0.15) is 34.7 Å². The Kier molecular flexibility index (Phi) is 6.06. The second-order valence-corrected chi connectivity index (χ2v) is 6.36. The molecule has 0 aliphatic carbocycles. The van der Waals surface area contributed by atoms with Gasteiger partial charge in [-0.15, -0.1) is 0 Å². The Morgan fingerprint density at radius 3 is 2.44 bits per heavy atom. The Balaban J connectivity index is 1.60. The van der Waals surface area contributed by atoms with Crippen molar-refractivity contribution >= 4 is 5.97 Å².